The summed E-state index contributed by atoms with van der Waals surface area (Å²) < 4.78 is 0. The van der Waals surface area contributed by atoms with Crippen molar-refractivity contribution in [2.24, 2.45) is 11.8 Å². The van der Waals surface area contributed by atoms with Gasteiger partial charge in [-0.25, -0.2) is 9.97 Å². The number of anilines is 2. The molecule has 9 heteroatoms. The minimum atomic E-state index is -1.12. The van der Waals surface area contributed by atoms with E-state index >= 15 is 0 Å². The topological polar surface area (TPSA) is 128 Å². The van der Waals surface area contributed by atoms with E-state index in [2.05, 4.69) is 20.3 Å². The molecule has 162 valence electrons. The minimum absolute atomic E-state index is 0.110. The summed E-state index contributed by atoms with van der Waals surface area (Å²) in [5.41, 5.74) is 0.458. The van der Waals surface area contributed by atoms with Crippen molar-refractivity contribution >= 4 is 28.9 Å². The molecule has 31 heavy (non-hydrogen) atoms. The number of aliphatic carboxylic acids is 1. The number of carbonyl (C=O) groups is 1. The van der Waals surface area contributed by atoms with Crippen molar-refractivity contribution in [3.05, 3.63) is 57.5 Å². The molecule has 1 aliphatic carbocycles. The average Bonchev–Trinajstić information content (AvgIpc) is 3.18. The Balaban J connectivity index is 1.58. The molecule has 1 saturated carbocycles. The molecular formula is C22H24N4O4S. The molecule has 4 rings (SSSR count). The minimum Gasteiger partial charge on any atom is -0.481 e. The highest BCUT2D eigenvalue weighted by Crippen LogP contribution is 2.45. The number of aromatic nitrogens is 3. The van der Waals surface area contributed by atoms with Gasteiger partial charge in [-0.1, -0.05) is 6.92 Å². The number of aliphatic hydroxyl groups is 1. The molecule has 0 saturated heterocycles. The Morgan fingerprint density at radius 3 is 2.87 bits per heavy atom. The SMILES string of the molecule is Cc1cc(Nc2cc(=O)cc[nH]2)nc(-c2cnc(C3(O)CCC(C(=O)O)C(C)C3)s2)c1. The first-order valence-electron chi connectivity index (χ1n) is 10.1. The highest BCUT2D eigenvalue weighted by molar-refractivity contribution is 7.15. The second-order valence-corrected chi connectivity index (χ2v) is 9.23. The number of aryl methyl sites for hydroxylation is 1. The standard InChI is InChI=1S/C22H24N4O4S/c1-12-7-16(25-19(8-12)26-18-9-14(27)4-6-23-18)17-11-24-21(31-17)22(30)5-3-15(20(28)29)13(2)10-22/h4,6-9,11,13,15,30H,3,5,10H2,1-2H3,(H,28,29)(H2,23,25,26,27). The molecule has 1 aliphatic rings. The zero-order chi connectivity index (χ0) is 22.2. The smallest absolute Gasteiger partial charge is 0.306 e. The number of nitrogens with zero attached hydrogens (tertiary/aromatic N) is 2. The lowest BCUT2D eigenvalue weighted by molar-refractivity contribution is -0.148. The number of thiazole rings is 1. The third-order valence-electron chi connectivity index (χ3n) is 5.69. The van der Waals surface area contributed by atoms with Crippen LogP contribution < -0.4 is 10.7 Å². The predicted molar refractivity (Wildman–Crippen MR) is 118 cm³/mol. The third kappa shape index (κ3) is 4.52. The van der Waals surface area contributed by atoms with E-state index < -0.39 is 17.5 Å². The van der Waals surface area contributed by atoms with Crippen LogP contribution in [0.25, 0.3) is 10.6 Å². The number of rotatable bonds is 5. The van der Waals surface area contributed by atoms with Gasteiger partial charge in [0, 0.05) is 24.5 Å². The number of carboxylic acid groups (broad SMARTS) is 1. The quantitative estimate of drug-likeness (QED) is 0.477. The highest BCUT2D eigenvalue weighted by Gasteiger charge is 2.43. The van der Waals surface area contributed by atoms with Gasteiger partial charge >= 0.3 is 5.97 Å². The molecule has 3 unspecified atom stereocenters. The Morgan fingerprint density at radius 2 is 2.16 bits per heavy atom. The van der Waals surface area contributed by atoms with Gasteiger partial charge in [0.05, 0.1) is 16.5 Å². The predicted octanol–water partition coefficient (Wildman–Crippen LogP) is 3.65. The maximum Gasteiger partial charge on any atom is 0.306 e. The molecule has 0 aromatic carbocycles. The maximum absolute atomic E-state index is 11.6. The summed E-state index contributed by atoms with van der Waals surface area (Å²) in [7, 11) is 0. The maximum atomic E-state index is 11.6. The van der Waals surface area contributed by atoms with Gasteiger partial charge in [0.1, 0.15) is 22.2 Å². The van der Waals surface area contributed by atoms with Gasteiger partial charge in [0.25, 0.3) is 0 Å². The lowest BCUT2D eigenvalue weighted by Crippen LogP contribution is -2.38. The molecule has 0 aliphatic heterocycles. The Morgan fingerprint density at radius 1 is 1.35 bits per heavy atom. The molecule has 0 spiro atoms. The van der Waals surface area contributed by atoms with Crippen molar-refractivity contribution in [1.82, 2.24) is 15.0 Å². The van der Waals surface area contributed by atoms with Gasteiger partial charge < -0.3 is 20.5 Å². The number of hydrogen-bond donors (Lipinski definition) is 4. The first kappa shape index (κ1) is 21.2. The molecule has 8 nitrogen and oxygen atoms in total. The number of pyridine rings is 2. The lowest BCUT2D eigenvalue weighted by Gasteiger charge is -2.37. The van der Waals surface area contributed by atoms with E-state index in [1.54, 1.807) is 12.4 Å². The van der Waals surface area contributed by atoms with Crippen molar-refractivity contribution < 1.29 is 15.0 Å². The monoisotopic (exact) mass is 440 g/mol. The molecule has 3 aromatic rings. The summed E-state index contributed by atoms with van der Waals surface area (Å²) in [4.78, 5) is 35.8. The number of nitrogens with one attached hydrogen (secondary N) is 2. The summed E-state index contributed by atoms with van der Waals surface area (Å²) >= 11 is 1.37. The van der Waals surface area contributed by atoms with Crippen LogP contribution in [0.3, 0.4) is 0 Å². The van der Waals surface area contributed by atoms with E-state index in [0.29, 0.717) is 41.6 Å². The van der Waals surface area contributed by atoms with Crippen LogP contribution in [0, 0.1) is 18.8 Å². The molecule has 0 amide bonds. The number of hydrogen-bond acceptors (Lipinski definition) is 7. The van der Waals surface area contributed by atoms with Gasteiger partial charge in [0.15, 0.2) is 5.43 Å². The molecule has 3 atom stereocenters. The zero-order valence-electron chi connectivity index (χ0n) is 17.3. The van der Waals surface area contributed by atoms with E-state index in [1.165, 1.54) is 23.5 Å². The van der Waals surface area contributed by atoms with Crippen LogP contribution in [-0.2, 0) is 10.4 Å². The highest BCUT2D eigenvalue weighted by atomic mass is 32.1. The van der Waals surface area contributed by atoms with Gasteiger partial charge in [-0.2, -0.15) is 0 Å². The van der Waals surface area contributed by atoms with Gasteiger partial charge in [-0.05, 0) is 49.8 Å². The van der Waals surface area contributed by atoms with Crippen molar-refractivity contribution in [2.75, 3.05) is 5.32 Å². The van der Waals surface area contributed by atoms with E-state index in [9.17, 15) is 19.8 Å². The van der Waals surface area contributed by atoms with Crippen LogP contribution in [-0.4, -0.2) is 31.1 Å². The average molecular weight is 441 g/mol. The van der Waals surface area contributed by atoms with Crippen LogP contribution >= 0.6 is 11.3 Å². The first-order valence-corrected chi connectivity index (χ1v) is 10.9. The third-order valence-corrected chi connectivity index (χ3v) is 6.91. The fourth-order valence-electron chi connectivity index (χ4n) is 4.14. The summed E-state index contributed by atoms with van der Waals surface area (Å²) in [6.07, 6.45) is 4.43. The second-order valence-electron chi connectivity index (χ2n) is 8.20. The Kier molecular flexibility index (Phi) is 5.63. The van der Waals surface area contributed by atoms with Crippen molar-refractivity contribution in [3.63, 3.8) is 0 Å². The Hall–Kier alpha value is -3.04. The molecule has 0 radical (unpaired) electrons. The molecule has 1 fully saturated rings. The van der Waals surface area contributed by atoms with E-state index in [4.69, 9.17) is 0 Å². The van der Waals surface area contributed by atoms with Crippen molar-refractivity contribution in [3.8, 4) is 10.6 Å². The molecule has 0 bridgehead atoms. The van der Waals surface area contributed by atoms with Gasteiger partial charge in [-0.15, -0.1) is 11.3 Å². The normalized spacial score (nSPS) is 23.5. The van der Waals surface area contributed by atoms with Crippen LogP contribution in [0.4, 0.5) is 11.6 Å². The van der Waals surface area contributed by atoms with E-state index in [0.717, 1.165) is 10.4 Å². The van der Waals surface area contributed by atoms with Crippen molar-refractivity contribution in [2.45, 2.75) is 38.7 Å². The van der Waals surface area contributed by atoms with Crippen LogP contribution in [0.5, 0.6) is 0 Å². The lowest BCUT2D eigenvalue weighted by atomic mass is 9.72. The zero-order valence-corrected chi connectivity index (χ0v) is 18.1. The Bertz CT molecular complexity index is 1170. The van der Waals surface area contributed by atoms with Crippen LogP contribution in [0.2, 0.25) is 0 Å². The largest absolute Gasteiger partial charge is 0.481 e. The summed E-state index contributed by atoms with van der Waals surface area (Å²) in [6.45, 7) is 3.82. The van der Waals surface area contributed by atoms with Gasteiger partial charge in [-0.3, -0.25) is 9.59 Å². The number of carboxylic acids is 1. The molecular weight excluding hydrogens is 416 g/mol. The second kappa shape index (κ2) is 8.24. The van der Waals surface area contributed by atoms with Crippen molar-refractivity contribution in [1.29, 1.82) is 0 Å². The molecule has 3 heterocycles. The Labute approximate surface area is 183 Å². The summed E-state index contributed by atoms with van der Waals surface area (Å²) in [5.74, 6) is -0.250. The van der Waals surface area contributed by atoms with E-state index in [1.807, 2.05) is 26.0 Å². The van der Waals surface area contributed by atoms with Crippen LogP contribution in [0.1, 0.15) is 36.8 Å². The molecule has 3 aromatic heterocycles. The fraction of sp³-hybridized carbons (Fsp3) is 0.364. The number of H-pyrrole nitrogens is 1. The first-order chi connectivity index (χ1) is 14.7. The van der Waals surface area contributed by atoms with Gasteiger partial charge in [0.2, 0.25) is 0 Å². The van der Waals surface area contributed by atoms with Crippen LogP contribution in [0.15, 0.2) is 41.5 Å². The summed E-state index contributed by atoms with van der Waals surface area (Å²) in [6, 6.07) is 6.71. The molecule has 4 N–H and O–H groups in total. The van der Waals surface area contributed by atoms with E-state index in [-0.39, 0.29) is 11.3 Å². The number of aromatic amines is 1. The summed E-state index contributed by atoms with van der Waals surface area (Å²) in [5, 5.41) is 24.2. The fourth-order valence-corrected chi connectivity index (χ4v) is 5.14.